The van der Waals surface area contributed by atoms with Crippen molar-refractivity contribution >= 4 is 34.7 Å². The molecule has 0 bridgehead atoms. The lowest BCUT2D eigenvalue weighted by atomic mass is 10.2. The number of nitrogens with one attached hydrogen (secondary N) is 2. The van der Waals surface area contributed by atoms with Gasteiger partial charge in [0.2, 0.25) is 0 Å². The highest BCUT2D eigenvalue weighted by Gasteiger charge is 2.23. The van der Waals surface area contributed by atoms with Crippen molar-refractivity contribution in [3.8, 4) is 5.75 Å². The number of halogens is 1. The van der Waals surface area contributed by atoms with Gasteiger partial charge in [0.1, 0.15) is 17.7 Å². The van der Waals surface area contributed by atoms with Crippen LogP contribution in [0.3, 0.4) is 0 Å². The largest absolute Gasteiger partial charge is 0.495 e. The van der Waals surface area contributed by atoms with Gasteiger partial charge in [-0.15, -0.1) is 0 Å². The molecule has 2 heterocycles. The zero-order valence-electron chi connectivity index (χ0n) is 13.2. The van der Waals surface area contributed by atoms with E-state index in [9.17, 15) is 4.79 Å². The molecule has 1 aromatic heterocycles. The summed E-state index contributed by atoms with van der Waals surface area (Å²) in [5.41, 5.74) is 1.60. The molecule has 7 heteroatoms. The predicted molar refractivity (Wildman–Crippen MR) is 93.1 cm³/mol. The second-order valence-corrected chi connectivity index (χ2v) is 5.80. The van der Waals surface area contributed by atoms with Crippen LogP contribution in [0.2, 0.25) is 5.02 Å². The number of carbonyl (C=O) groups is 1. The summed E-state index contributed by atoms with van der Waals surface area (Å²) in [6, 6.07) is 8.98. The summed E-state index contributed by atoms with van der Waals surface area (Å²) >= 11 is 6.10. The summed E-state index contributed by atoms with van der Waals surface area (Å²) in [6.07, 6.45) is 2.94. The van der Waals surface area contributed by atoms with Crippen LogP contribution in [0.5, 0.6) is 5.75 Å². The Hall–Kier alpha value is -2.31. The van der Waals surface area contributed by atoms with E-state index in [2.05, 4.69) is 15.6 Å². The highest BCUT2D eigenvalue weighted by atomic mass is 35.5. The first kappa shape index (κ1) is 16.5. The normalized spacial score (nSPS) is 16.7. The third kappa shape index (κ3) is 3.96. The van der Waals surface area contributed by atoms with E-state index in [4.69, 9.17) is 21.1 Å². The third-order valence-electron chi connectivity index (χ3n) is 3.68. The number of benzene rings is 1. The van der Waals surface area contributed by atoms with Gasteiger partial charge in [-0.2, -0.15) is 0 Å². The fourth-order valence-corrected chi connectivity index (χ4v) is 2.70. The molecular weight excluding hydrogens is 330 g/mol. The first-order valence-corrected chi connectivity index (χ1v) is 8.02. The lowest BCUT2D eigenvalue weighted by molar-refractivity contribution is -0.124. The molecule has 1 aliphatic rings. The SMILES string of the molecule is COc1ccc(Nc2ccc(NC(=O)C3CCCO3)nc2)cc1Cl. The maximum atomic E-state index is 12.0. The Morgan fingerprint density at radius 2 is 2.17 bits per heavy atom. The predicted octanol–water partition coefficient (Wildman–Crippen LogP) is 3.60. The number of pyridine rings is 1. The van der Waals surface area contributed by atoms with Crippen molar-refractivity contribution in [2.45, 2.75) is 18.9 Å². The number of rotatable bonds is 5. The Morgan fingerprint density at radius 1 is 1.33 bits per heavy atom. The Labute approximate surface area is 145 Å². The lowest BCUT2D eigenvalue weighted by Gasteiger charge is -2.11. The Balaban J connectivity index is 1.61. The van der Waals surface area contributed by atoms with Crippen LogP contribution in [-0.2, 0) is 9.53 Å². The molecule has 1 saturated heterocycles. The molecule has 3 rings (SSSR count). The molecule has 2 N–H and O–H groups in total. The third-order valence-corrected chi connectivity index (χ3v) is 3.97. The minimum Gasteiger partial charge on any atom is -0.495 e. The summed E-state index contributed by atoms with van der Waals surface area (Å²) in [5, 5.41) is 6.47. The van der Waals surface area contributed by atoms with Crippen LogP contribution in [0.15, 0.2) is 36.5 Å². The van der Waals surface area contributed by atoms with Crippen molar-refractivity contribution in [2.75, 3.05) is 24.4 Å². The molecule has 6 nitrogen and oxygen atoms in total. The van der Waals surface area contributed by atoms with Gasteiger partial charge in [-0.1, -0.05) is 11.6 Å². The molecule has 1 aromatic carbocycles. The number of hydrogen-bond donors (Lipinski definition) is 2. The van der Waals surface area contributed by atoms with Gasteiger partial charge in [-0.3, -0.25) is 4.79 Å². The number of anilines is 3. The van der Waals surface area contributed by atoms with Crippen molar-refractivity contribution in [2.24, 2.45) is 0 Å². The van der Waals surface area contributed by atoms with Crippen LogP contribution in [-0.4, -0.2) is 30.7 Å². The molecule has 1 unspecified atom stereocenters. The van der Waals surface area contributed by atoms with Gasteiger partial charge in [0.25, 0.3) is 5.91 Å². The number of nitrogens with zero attached hydrogens (tertiary/aromatic N) is 1. The van der Waals surface area contributed by atoms with Gasteiger partial charge >= 0.3 is 0 Å². The molecule has 0 aliphatic carbocycles. The van der Waals surface area contributed by atoms with E-state index < -0.39 is 0 Å². The summed E-state index contributed by atoms with van der Waals surface area (Å²) < 4.78 is 10.5. The van der Waals surface area contributed by atoms with Gasteiger partial charge in [-0.25, -0.2) is 4.98 Å². The maximum Gasteiger partial charge on any atom is 0.254 e. The standard InChI is InChI=1S/C17H18ClN3O3/c1-23-14-6-4-11(9-13(14)18)20-12-5-7-16(19-10-12)21-17(22)15-3-2-8-24-15/h4-7,9-10,15,20H,2-3,8H2,1H3,(H,19,21,22). The average molecular weight is 348 g/mol. The van der Waals surface area contributed by atoms with Gasteiger partial charge in [0.15, 0.2) is 0 Å². The summed E-state index contributed by atoms with van der Waals surface area (Å²) in [4.78, 5) is 16.2. The van der Waals surface area contributed by atoms with Crippen LogP contribution >= 0.6 is 11.6 Å². The van der Waals surface area contributed by atoms with E-state index in [0.29, 0.717) is 23.2 Å². The van der Waals surface area contributed by atoms with Gasteiger partial charge in [-0.05, 0) is 43.2 Å². The van der Waals surface area contributed by atoms with E-state index in [1.165, 1.54) is 0 Å². The molecule has 126 valence electrons. The lowest BCUT2D eigenvalue weighted by Crippen LogP contribution is -2.27. The van der Waals surface area contributed by atoms with E-state index in [1.807, 2.05) is 12.1 Å². The van der Waals surface area contributed by atoms with Crippen molar-refractivity contribution < 1.29 is 14.3 Å². The quantitative estimate of drug-likeness (QED) is 0.864. The first-order chi connectivity index (χ1) is 11.7. The Kier molecular flexibility index (Phi) is 5.17. The minimum atomic E-state index is -0.369. The Bertz CT molecular complexity index is 716. The monoisotopic (exact) mass is 347 g/mol. The van der Waals surface area contributed by atoms with Crippen LogP contribution in [0.4, 0.5) is 17.2 Å². The van der Waals surface area contributed by atoms with Crippen molar-refractivity contribution in [1.82, 2.24) is 4.98 Å². The number of amides is 1. The zero-order chi connectivity index (χ0) is 16.9. The van der Waals surface area contributed by atoms with E-state index in [0.717, 1.165) is 24.2 Å². The molecule has 1 amide bonds. The van der Waals surface area contributed by atoms with Crippen LogP contribution < -0.4 is 15.4 Å². The second-order valence-electron chi connectivity index (χ2n) is 5.40. The summed E-state index contributed by atoms with van der Waals surface area (Å²) in [7, 11) is 1.57. The molecule has 0 spiro atoms. The number of ether oxygens (including phenoxy) is 2. The molecule has 1 atom stereocenters. The molecular formula is C17H18ClN3O3. The fourth-order valence-electron chi connectivity index (χ4n) is 2.44. The number of carbonyl (C=O) groups excluding carboxylic acids is 1. The topological polar surface area (TPSA) is 72.5 Å². The molecule has 0 saturated carbocycles. The molecule has 1 fully saturated rings. The smallest absolute Gasteiger partial charge is 0.254 e. The highest BCUT2D eigenvalue weighted by molar-refractivity contribution is 6.32. The minimum absolute atomic E-state index is 0.150. The molecule has 1 aliphatic heterocycles. The van der Waals surface area contributed by atoms with Crippen LogP contribution in [0.25, 0.3) is 0 Å². The van der Waals surface area contributed by atoms with Crippen molar-refractivity contribution in [3.63, 3.8) is 0 Å². The van der Waals surface area contributed by atoms with E-state index in [-0.39, 0.29) is 12.0 Å². The summed E-state index contributed by atoms with van der Waals surface area (Å²) in [6.45, 7) is 0.638. The van der Waals surface area contributed by atoms with E-state index >= 15 is 0 Å². The highest BCUT2D eigenvalue weighted by Crippen LogP contribution is 2.28. The van der Waals surface area contributed by atoms with Crippen LogP contribution in [0, 0.1) is 0 Å². The number of methoxy groups -OCH3 is 1. The van der Waals surface area contributed by atoms with Gasteiger partial charge in [0, 0.05) is 12.3 Å². The summed E-state index contributed by atoms with van der Waals surface area (Å²) in [5.74, 6) is 0.962. The van der Waals surface area contributed by atoms with Crippen LogP contribution in [0.1, 0.15) is 12.8 Å². The first-order valence-electron chi connectivity index (χ1n) is 7.65. The van der Waals surface area contributed by atoms with Gasteiger partial charge < -0.3 is 20.1 Å². The average Bonchev–Trinajstić information content (AvgIpc) is 3.11. The molecule has 24 heavy (non-hydrogen) atoms. The number of hydrogen-bond acceptors (Lipinski definition) is 5. The maximum absolute atomic E-state index is 12.0. The number of aromatic nitrogens is 1. The zero-order valence-corrected chi connectivity index (χ0v) is 14.0. The van der Waals surface area contributed by atoms with Gasteiger partial charge in [0.05, 0.1) is 24.0 Å². The molecule has 0 radical (unpaired) electrons. The van der Waals surface area contributed by atoms with E-state index in [1.54, 1.807) is 31.5 Å². The fraction of sp³-hybridized carbons (Fsp3) is 0.294. The Morgan fingerprint density at radius 3 is 2.79 bits per heavy atom. The van der Waals surface area contributed by atoms with Crippen molar-refractivity contribution in [3.05, 3.63) is 41.6 Å². The molecule has 2 aromatic rings. The second kappa shape index (κ2) is 7.51. The van der Waals surface area contributed by atoms with Crippen molar-refractivity contribution in [1.29, 1.82) is 0 Å².